The molecule has 0 aliphatic carbocycles. The summed E-state index contributed by atoms with van der Waals surface area (Å²) < 4.78 is 0. The summed E-state index contributed by atoms with van der Waals surface area (Å²) in [6, 6.07) is 0. The molecule has 0 atom stereocenters. The summed E-state index contributed by atoms with van der Waals surface area (Å²) in [6.45, 7) is 8.11. The van der Waals surface area contributed by atoms with Gasteiger partial charge in [-0.2, -0.15) is 0 Å². The third-order valence-corrected chi connectivity index (χ3v) is 1.92. The number of carboxylic acid groups (broad SMARTS) is 2. The normalized spacial score (nSPS) is 8.55. The molecule has 0 saturated carbocycles. The minimum absolute atomic E-state index is 0. The zero-order chi connectivity index (χ0) is 16.9. The van der Waals surface area contributed by atoms with Crippen molar-refractivity contribution in [3.8, 4) is 0 Å². The zero-order valence-electron chi connectivity index (χ0n) is 13.5. The van der Waals surface area contributed by atoms with Gasteiger partial charge in [0.2, 0.25) is 0 Å². The van der Waals surface area contributed by atoms with Crippen molar-refractivity contribution in [2.45, 2.75) is 53.9 Å². The highest BCUT2D eigenvalue weighted by molar-refractivity contribution is 5.69. The number of aliphatic hydroxyl groups is 1. The molecular formula is C15H36N2O5. The zero-order valence-corrected chi connectivity index (χ0v) is 13.5. The van der Waals surface area contributed by atoms with Gasteiger partial charge >= 0.3 is 11.9 Å². The first kappa shape index (κ1) is 28.9. The summed E-state index contributed by atoms with van der Waals surface area (Å²) in [5.74, 6) is -1.59. The fraction of sp³-hybridized carbons (Fsp3) is 0.867. The number of aliphatic carboxylic acids is 2. The Morgan fingerprint density at radius 2 is 1.18 bits per heavy atom. The highest BCUT2D eigenvalue weighted by Crippen LogP contribution is 1.78. The average Bonchev–Trinajstić information content (AvgIpc) is 2.41. The summed E-state index contributed by atoms with van der Waals surface area (Å²) in [6.07, 6.45) is 4.00. The van der Waals surface area contributed by atoms with Gasteiger partial charge in [-0.1, -0.05) is 34.6 Å². The van der Waals surface area contributed by atoms with Crippen molar-refractivity contribution >= 4 is 11.9 Å². The summed E-state index contributed by atoms with van der Waals surface area (Å²) in [5.41, 5.74) is 0. The van der Waals surface area contributed by atoms with Gasteiger partial charge in [-0.15, -0.1) is 0 Å². The van der Waals surface area contributed by atoms with Crippen LogP contribution in [0.1, 0.15) is 53.9 Å². The van der Waals surface area contributed by atoms with Gasteiger partial charge in [0.25, 0.3) is 0 Å². The Hall–Kier alpha value is -1.18. The van der Waals surface area contributed by atoms with Crippen LogP contribution in [0.5, 0.6) is 0 Å². The number of hydrogen-bond donors (Lipinski definition) is 5. The lowest BCUT2D eigenvalue weighted by Crippen LogP contribution is -2.22. The number of carbonyl (C=O) groups is 2. The molecule has 0 fully saturated rings. The number of aliphatic hydroxyl groups excluding tert-OH is 1. The molecule has 0 aromatic rings. The van der Waals surface area contributed by atoms with Crippen molar-refractivity contribution in [2.24, 2.45) is 0 Å². The first-order valence-corrected chi connectivity index (χ1v) is 7.41. The van der Waals surface area contributed by atoms with Crippen LogP contribution < -0.4 is 10.6 Å². The predicted octanol–water partition coefficient (Wildman–Crippen LogP) is 1.56. The molecule has 0 saturated heterocycles. The van der Waals surface area contributed by atoms with Gasteiger partial charge in [-0.25, -0.2) is 0 Å². The molecular weight excluding hydrogens is 288 g/mol. The maximum Gasteiger partial charge on any atom is 0.317 e. The van der Waals surface area contributed by atoms with Crippen molar-refractivity contribution in [3.63, 3.8) is 0 Å². The Morgan fingerprint density at radius 3 is 1.32 bits per heavy atom. The number of hydrogen-bond acceptors (Lipinski definition) is 5. The number of carboxylic acids is 2. The maximum absolute atomic E-state index is 9.81. The first-order chi connectivity index (χ1) is 9.95. The van der Waals surface area contributed by atoms with E-state index in [0.29, 0.717) is 6.61 Å². The molecule has 0 rings (SSSR count). The Bertz CT molecular complexity index is 204. The van der Waals surface area contributed by atoms with Gasteiger partial charge in [0.15, 0.2) is 0 Å². The van der Waals surface area contributed by atoms with Crippen LogP contribution in [0.25, 0.3) is 0 Å². The molecule has 7 nitrogen and oxygen atoms in total. The standard InChI is InChI=1S/2C5H11NO2.C4H10O.CH4/c2*1-2-3-6-4-5(7)8;1-2-3-4-5;/h2*6H,2-4H2,1H3,(H,7,8);5H,2-4H2,1H3;1H4. The van der Waals surface area contributed by atoms with E-state index >= 15 is 0 Å². The SMILES string of the molecule is C.CCCCO.CCCNCC(=O)O.CCCNCC(=O)O. The van der Waals surface area contributed by atoms with Crippen molar-refractivity contribution in [3.05, 3.63) is 0 Å². The third kappa shape index (κ3) is 51.0. The van der Waals surface area contributed by atoms with Crippen molar-refractivity contribution in [1.29, 1.82) is 0 Å². The molecule has 0 aromatic carbocycles. The predicted molar refractivity (Wildman–Crippen MR) is 90.3 cm³/mol. The Balaban J connectivity index is -0.000000111. The van der Waals surface area contributed by atoms with Crippen LogP contribution in [-0.4, -0.2) is 60.0 Å². The second-order valence-corrected chi connectivity index (χ2v) is 4.22. The minimum Gasteiger partial charge on any atom is -0.480 e. The van der Waals surface area contributed by atoms with Crippen molar-refractivity contribution in [2.75, 3.05) is 32.8 Å². The van der Waals surface area contributed by atoms with Gasteiger partial charge in [-0.05, 0) is 32.4 Å². The second kappa shape index (κ2) is 28.0. The summed E-state index contributed by atoms with van der Waals surface area (Å²) in [5, 5.41) is 29.7. The molecule has 5 N–H and O–H groups in total. The van der Waals surface area contributed by atoms with E-state index in [1.807, 2.05) is 13.8 Å². The summed E-state index contributed by atoms with van der Waals surface area (Å²) in [4.78, 5) is 19.6. The van der Waals surface area contributed by atoms with Gasteiger partial charge in [0.05, 0.1) is 13.1 Å². The molecule has 0 spiro atoms. The van der Waals surface area contributed by atoms with Crippen LogP contribution in [0.2, 0.25) is 0 Å². The first-order valence-electron chi connectivity index (χ1n) is 7.41. The lowest BCUT2D eigenvalue weighted by Gasteiger charge is -1.94. The summed E-state index contributed by atoms with van der Waals surface area (Å²) in [7, 11) is 0. The lowest BCUT2D eigenvalue weighted by atomic mass is 10.4. The van der Waals surface area contributed by atoms with Crippen LogP contribution in [0.15, 0.2) is 0 Å². The van der Waals surface area contributed by atoms with E-state index in [4.69, 9.17) is 15.3 Å². The molecule has 0 unspecified atom stereocenters. The average molecular weight is 324 g/mol. The Morgan fingerprint density at radius 1 is 0.818 bits per heavy atom. The largest absolute Gasteiger partial charge is 0.480 e. The molecule has 0 aromatic heterocycles. The number of rotatable bonds is 10. The van der Waals surface area contributed by atoms with Crippen LogP contribution >= 0.6 is 0 Å². The smallest absolute Gasteiger partial charge is 0.317 e. The topological polar surface area (TPSA) is 119 Å². The number of nitrogens with one attached hydrogen (secondary N) is 2. The van der Waals surface area contributed by atoms with E-state index < -0.39 is 11.9 Å². The van der Waals surface area contributed by atoms with Crippen LogP contribution in [-0.2, 0) is 9.59 Å². The second-order valence-electron chi connectivity index (χ2n) is 4.22. The van der Waals surface area contributed by atoms with Crippen molar-refractivity contribution < 1.29 is 24.9 Å². The summed E-state index contributed by atoms with van der Waals surface area (Å²) >= 11 is 0. The molecule has 7 heteroatoms. The molecule has 0 aliphatic heterocycles. The highest BCUT2D eigenvalue weighted by atomic mass is 16.4. The van der Waals surface area contributed by atoms with E-state index in [2.05, 4.69) is 17.6 Å². The van der Waals surface area contributed by atoms with E-state index in [1.165, 1.54) is 0 Å². The van der Waals surface area contributed by atoms with Gasteiger partial charge in [0, 0.05) is 6.61 Å². The van der Waals surface area contributed by atoms with Crippen LogP contribution in [0.3, 0.4) is 0 Å². The molecule has 22 heavy (non-hydrogen) atoms. The Kier molecular flexibility index (Phi) is 36.9. The molecule has 0 amide bonds. The highest BCUT2D eigenvalue weighted by Gasteiger charge is 1.91. The molecule has 136 valence electrons. The van der Waals surface area contributed by atoms with Gasteiger partial charge in [-0.3, -0.25) is 9.59 Å². The molecule has 0 radical (unpaired) electrons. The molecule has 0 bridgehead atoms. The maximum atomic E-state index is 9.81. The fourth-order valence-corrected chi connectivity index (χ4v) is 0.902. The Labute approximate surface area is 135 Å². The van der Waals surface area contributed by atoms with E-state index in [1.54, 1.807) is 0 Å². The van der Waals surface area contributed by atoms with Crippen LogP contribution in [0.4, 0.5) is 0 Å². The van der Waals surface area contributed by atoms with Crippen molar-refractivity contribution in [1.82, 2.24) is 10.6 Å². The van der Waals surface area contributed by atoms with Gasteiger partial charge in [0.1, 0.15) is 0 Å². The van der Waals surface area contributed by atoms with Crippen LogP contribution in [0, 0.1) is 0 Å². The van der Waals surface area contributed by atoms with E-state index in [0.717, 1.165) is 38.8 Å². The molecule has 0 heterocycles. The number of unbranched alkanes of at least 4 members (excludes halogenated alkanes) is 1. The third-order valence-electron chi connectivity index (χ3n) is 1.92. The molecule has 0 aliphatic rings. The van der Waals surface area contributed by atoms with E-state index in [-0.39, 0.29) is 20.5 Å². The lowest BCUT2D eigenvalue weighted by molar-refractivity contribution is -0.136. The fourth-order valence-electron chi connectivity index (χ4n) is 0.902. The quantitative estimate of drug-likeness (QED) is 0.387. The van der Waals surface area contributed by atoms with Gasteiger partial charge < -0.3 is 26.0 Å². The van der Waals surface area contributed by atoms with E-state index in [9.17, 15) is 9.59 Å². The monoisotopic (exact) mass is 324 g/mol. The minimum atomic E-state index is -0.793.